The van der Waals surface area contributed by atoms with Gasteiger partial charge in [-0.15, -0.1) is 11.3 Å². The van der Waals surface area contributed by atoms with E-state index in [0.717, 1.165) is 27.3 Å². The number of Topliss-reactive ketones (excluding diaryl/α,β-unsaturated/α-hetero) is 1. The first kappa shape index (κ1) is 26.6. The molecule has 2 amide bonds. The van der Waals surface area contributed by atoms with E-state index in [1.165, 1.54) is 16.7 Å². The summed E-state index contributed by atoms with van der Waals surface area (Å²) in [6.45, 7) is 2.47. The van der Waals surface area contributed by atoms with Gasteiger partial charge in [0.25, 0.3) is 5.91 Å². The van der Waals surface area contributed by atoms with Gasteiger partial charge in [0.15, 0.2) is 5.78 Å². The highest BCUT2D eigenvalue weighted by molar-refractivity contribution is 7.98. The first-order chi connectivity index (χ1) is 18.4. The number of carbonyl (C=O) groups is 3. The average molecular weight is 550 g/mol. The number of fused-ring (bicyclic) bond motifs is 1. The van der Waals surface area contributed by atoms with Crippen molar-refractivity contribution >= 4 is 40.7 Å². The highest BCUT2D eigenvalue weighted by Crippen LogP contribution is 2.30. The molecule has 1 aromatic heterocycles. The normalized spacial score (nSPS) is 19.6. The monoisotopic (exact) mass is 549 g/mol. The minimum absolute atomic E-state index is 0.0591. The third kappa shape index (κ3) is 5.28. The molecule has 1 unspecified atom stereocenters. The Bertz CT molecular complexity index is 1340. The highest BCUT2D eigenvalue weighted by Gasteiger charge is 2.44. The summed E-state index contributed by atoms with van der Waals surface area (Å²) in [6.07, 6.45) is 2.22. The zero-order chi connectivity index (χ0) is 26.8. The molecule has 0 radical (unpaired) electrons. The Balaban J connectivity index is 1.26. The molecule has 0 saturated carbocycles. The van der Waals surface area contributed by atoms with Gasteiger partial charge >= 0.3 is 0 Å². The van der Waals surface area contributed by atoms with E-state index in [9.17, 15) is 19.5 Å². The number of thiazole rings is 1. The average Bonchev–Trinajstić information content (AvgIpc) is 3.63. The van der Waals surface area contributed by atoms with E-state index in [2.05, 4.69) is 4.98 Å². The minimum Gasteiger partial charge on any atom is -0.391 e. The van der Waals surface area contributed by atoms with E-state index < -0.39 is 18.2 Å². The number of aromatic nitrogens is 1. The Morgan fingerprint density at radius 3 is 2.63 bits per heavy atom. The van der Waals surface area contributed by atoms with Crippen LogP contribution in [0.15, 0.2) is 54.0 Å². The van der Waals surface area contributed by atoms with Crippen molar-refractivity contribution in [2.75, 3.05) is 18.6 Å². The Morgan fingerprint density at radius 1 is 1.18 bits per heavy atom. The zero-order valence-electron chi connectivity index (χ0n) is 21.5. The van der Waals surface area contributed by atoms with E-state index in [-0.39, 0.29) is 37.0 Å². The van der Waals surface area contributed by atoms with E-state index in [0.29, 0.717) is 24.3 Å². The molecule has 3 heterocycles. The number of β-amino-alcohol motifs (C(OH)–C–C–N with tert-alkyl or cyclic N) is 1. The predicted octanol–water partition coefficient (Wildman–Crippen LogP) is 3.97. The molecule has 0 bridgehead atoms. The third-order valence-electron chi connectivity index (χ3n) is 7.39. The topological polar surface area (TPSA) is 90.8 Å². The fourth-order valence-electron chi connectivity index (χ4n) is 5.37. The third-order valence-corrected chi connectivity index (χ3v) is 9.02. The van der Waals surface area contributed by atoms with Gasteiger partial charge in [0.1, 0.15) is 6.04 Å². The van der Waals surface area contributed by atoms with Crippen molar-refractivity contribution in [2.24, 2.45) is 0 Å². The van der Waals surface area contributed by atoms with Gasteiger partial charge in [0.05, 0.1) is 28.2 Å². The van der Waals surface area contributed by atoms with Crippen LogP contribution in [-0.2, 0) is 22.6 Å². The number of benzene rings is 2. The summed E-state index contributed by atoms with van der Waals surface area (Å²) in [5.41, 5.74) is 6.51. The lowest BCUT2D eigenvalue weighted by Gasteiger charge is -2.32. The lowest BCUT2D eigenvalue weighted by Crippen LogP contribution is -2.53. The zero-order valence-corrected chi connectivity index (χ0v) is 23.1. The molecule has 3 aromatic rings. The summed E-state index contributed by atoms with van der Waals surface area (Å²) in [4.78, 5) is 48.8. The second-order valence-corrected chi connectivity index (χ2v) is 11.7. The van der Waals surface area contributed by atoms with Crippen LogP contribution in [0, 0.1) is 6.92 Å². The maximum Gasteiger partial charge on any atom is 0.255 e. The number of carbonyl (C=O) groups excluding carboxylic acids is 3. The number of aliphatic hydroxyl groups excluding tert-OH is 1. The lowest BCUT2D eigenvalue weighted by atomic mass is 10.00. The van der Waals surface area contributed by atoms with Gasteiger partial charge in [-0.3, -0.25) is 14.4 Å². The number of likely N-dealkylation sites (tertiary alicyclic amines) is 1. The Hall–Kier alpha value is -3.01. The first-order valence-electron chi connectivity index (χ1n) is 12.8. The van der Waals surface area contributed by atoms with Crippen LogP contribution in [0.25, 0.3) is 10.4 Å². The van der Waals surface area contributed by atoms with Gasteiger partial charge < -0.3 is 14.9 Å². The smallest absolute Gasteiger partial charge is 0.255 e. The molecule has 1 saturated heterocycles. The standard InChI is InChI=1S/C29H31N3O4S2/c1-18-27(38-17-30-18)20-10-7-19(8-11-20)9-12-26(34)24-13-22(33)15-32(24)29(36)25(16-37-2)31-14-21-5-3-4-6-23(21)28(31)35/h3-8,10-11,17,22,24-25,33H,9,12-16H2,1-2H3/t22-,24+,25?/m1/s1. The van der Waals surface area contributed by atoms with Gasteiger partial charge in [0.2, 0.25) is 5.91 Å². The van der Waals surface area contributed by atoms with Gasteiger partial charge in [-0.1, -0.05) is 42.5 Å². The first-order valence-corrected chi connectivity index (χ1v) is 15.0. The second-order valence-electron chi connectivity index (χ2n) is 9.89. The molecule has 3 atom stereocenters. The number of ketones is 1. The van der Waals surface area contributed by atoms with Crippen molar-refractivity contribution in [1.29, 1.82) is 0 Å². The summed E-state index contributed by atoms with van der Waals surface area (Å²) >= 11 is 3.10. The fourth-order valence-corrected chi connectivity index (χ4v) is 6.82. The number of hydrogen-bond acceptors (Lipinski definition) is 7. The number of rotatable bonds is 9. The van der Waals surface area contributed by atoms with E-state index in [1.807, 2.05) is 61.2 Å². The van der Waals surface area contributed by atoms with Crippen molar-refractivity contribution < 1.29 is 19.5 Å². The van der Waals surface area contributed by atoms with Gasteiger partial charge in [-0.25, -0.2) is 4.98 Å². The molecule has 5 rings (SSSR count). The van der Waals surface area contributed by atoms with Crippen LogP contribution < -0.4 is 0 Å². The number of nitrogens with zero attached hydrogens (tertiary/aromatic N) is 3. The van der Waals surface area contributed by atoms with Crippen LogP contribution >= 0.6 is 23.1 Å². The van der Waals surface area contributed by atoms with Crippen LogP contribution in [-0.4, -0.2) is 74.2 Å². The van der Waals surface area contributed by atoms with Crippen LogP contribution in [0.5, 0.6) is 0 Å². The number of hydrogen-bond donors (Lipinski definition) is 1. The van der Waals surface area contributed by atoms with Crippen LogP contribution in [0.3, 0.4) is 0 Å². The molecule has 1 N–H and O–H groups in total. The van der Waals surface area contributed by atoms with Crippen molar-refractivity contribution in [1.82, 2.24) is 14.8 Å². The van der Waals surface area contributed by atoms with E-state index in [1.54, 1.807) is 22.3 Å². The molecule has 1 fully saturated rings. The molecule has 7 nitrogen and oxygen atoms in total. The van der Waals surface area contributed by atoms with Crippen molar-refractivity contribution in [2.45, 2.75) is 50.9 Å². The molecule has 0 spiro atoms. The quantitative estimate of drug-likeness (QED) is 0.435. The number of amides is 2. The Morgan fingerprint density at radius 2 is 1.95 bits per heavy atom. The summed E-state index contributed by atoms with van der Waals surface area (Å²) < 4.78 is 0. The van der Waals surface area contributed by atoms with Gasteiger partial charge in [-0.2, -0.15) is 11.8 Å². The number of aliphatic hydroxyl groups is 1. The maximum atomic E-state index is 13.8. The fraction of sp³-hybridized carbons (Fsp3) is 0.379. The number of aryl methyl sites for hydroxylation is 2. The van der Waals surface area contributed by atoms with Crippen LogP contribution in [0.1, 0.15) is 40.0 Å². The van der Waals surface area contributed by atoms with Crippen molar-refractivity contribution in [3.63, 3.8) is 0 Å². The molecule has 0 aliphatic carbocycles. The summed E-state index contributed by atoms with van der Waals surface area (Å²) in [7, 11) is 0. The van der Waals surface area contributed by atoms with Crippen molar-refractivity contribution in [3.8, 4) is 10.4 Å². The SMILES string of the molecule is CSCC(C(=O)N1C[C@H](O)C[C@H]1C(=O)CCc1ccc(-c2scnc2C)cc1)N1Cc2ccccc2C1=O. The predicted molar refractivity (Wildman–Crippen MR) is 150 cm³/mol. The molecule has 38 heavy (non-hydrogen) atoms. The second kappa shape index (κ2) is 11.4. The largest absolute Gasteiger partial charge is 0.391 e. The molecule has 2 aliphatic heterocycles. The lowest BCUT2D eigenvalue weighted by molar-refractivity contribution is -0.141. The van der Waals surface area contributed by atoms with E-state index >= 15 is 0 Å². The Kier molecular flexibility index (Phi) is 7.97. The molecule has 2 aromatic carbocycles. The van der Waals surface area contributed by atoms with Gasteiger partial charge in [-0.05, 0) is 42.4 Å². The highest BCUT2D eigenvalue weighted by atomic mass is 32.2. The molecule has 2 aliphatic rings. The summed E-state index contributed by atoms with van der Waals surface area (Å²) in [6, 6.07) is 14.2. The molecule has 9 heteroatoms. The van der Waals surface area contributed by atoms with Crippen LogP contribution in [0.4, 0.5) is 0 Å². The molecular formula is C29H31N3O4S2. The molecular weight excluding hydrogens is 518 g/mol. The minimum atomic E-state index is -0.753. The van der Waals surface area contributed by atoms with E-state index in [4.69, 9.17) is 0 Å². The van der Waals surface area contributed by atoms with Crippen molar-refractivity contribution in [3.05, 3.63) is 76.4 Å². The Labute approximate surface area is 230 Å². The summed E-state index contributed by atoms with van der Waals surface area (Å²) in [5.74, 6) is -0.0547. The van der Waals surface area contributed by atoms with Crippen LogP contribution in [0.2, 0.25) is 0 Å². The van der Waals surface area contributed by atoms with Gasteiger partial charge in [0, 0.05) is 37.2 Å². The number of thioether (sulfide) groups is 1. The summed E-state index contributed by atoms with van der Waals surface area (Å²) in [5, 5.41) is 10.4. The maximum absolute atomic E-state index is 13.8. The molecule has 198 valence electrons.